The molecule has 3 N–H and O–H groups in total. The predicted octanol–water partition coefficient (Wildman–Crippen LogP) is 2.55. The highest BCUT2D eigenvalue weighted by atomic mass is 32.2. The second-order valence-corrected chi connectivity index (χ2v) is 8.88. The molecule has 3 aromatic rings. The molecule has 0 aliphatic rings. The van der Waals surface area contributed by atoms with E-state index < -0.39 is 21.2 Å². The van der Waals surface area contributed by atoms with Gasteiger partial charge in [-0.25, -0.2) is 17.9 Å². The quantitative estimate of drug-likeness (QED) is 0.498. The smallest absolute Gasteiger partial charge is 0.277 e. The number of nitrogens with zero attached hydrogens (tertiary/aromatic N) is 2. The molecular formula is C18H17FN4O5S2. The van der Waals surface area contributed by atoms with Crippen LogP contribution in [0.15, 0.2) is 63.1 Å². The summed E-state index contributed by atoms with van der Waals surface area (Å²) in [5.41, 5.74) is 0.290. The minimum Gasteiger partial charge on any atom is -0.484 e. The van der Waals surface area contributed by atoms with Gasteiger partial charge in [0.05, 0.1) is 10.1 Å². The largest absolute Gasteiger partial charge is 0.484 e. The van der Waals surface area contributed by atoms with E-state index in [4.69, 9.17) is 14.3 Å². The van der Waals surface area contributed by atoms with Crippen LogP contribution in [0.3, 0.4) is 0 Å². The molecule has 12 heteroatoms. The number of nitrogens with one attached hydrogen (secondary N) is 1. The molecule has 1 unspecified atom stereocenters. The van der Waals surface area contributed by atoms with E-state index in [9.17, 15) is 17.6 Å². The lowest BCUT2D eigenvalue weighted by molar-refractivity contribution is -0.115. The number of primary sulfonamides is 1. The molecule has 3 rings (SSSR count). The summed E-state index contributed by atoms with van der Waals surface area (Å²) >= 11 is 1.02. The van der Waals surface area contributed by atoms with Crippen molar-refractivity contribution >= 4 is 33.4 Å². The zero-order chi connectivity index (χ0) is 21.7. The van der Waals surface area contributed by atoms with Crippen molar-refractivity contribution in [3.63, 3.8) is 0 Å². The Balaban J connectivity index is 1.55. The molecular weight excluding hydrogens is 435 g/mol. The Hall–Kier alpha value is -2.96. The third-order valence-electron chi connectivity index (χ3n) is 3.70. The highest BCUT2D eigenvalue weighted by molar-refractivity contribution is 8.00. The van der Waals surface area contributed by atoms with E-state index in [1.807, 2.05) is 0 Å². The monoisotopic (exact) mass is 452 g/mol. The Kier molecular flexibility index (Phi) is 6.70. The number of amides is 1. The van der Waals surface area contributed by atoms with Gasteiger partial charge in [0, 0.05) is 5.69 Å². The summed E-state index contributed by atoms with van der Waals surface area (Å²) in [6, 6.07) is 11.1. The van der Waals surface area contributed by atoms with E-state index in [0.717, 1.165) is 11.8 Å². The van der Waals surface area contributed by atoms with Crippen LogP contribution in [0.25, 0.3) is 0 Å². The Morgan fingerprint density at radius 2 is 2.00 bits per heavy atom. The standard InChI is InChI=1S/C18H17FN4O5S2/c1-11(17(24)21-13-3-2-4-15(9-13)30(20,25)26)29-18-23-22-16(28-18)10-27-14-7-5-12(19)6-8-14/h2-9,11H,10H2,1H3,(H,21,24)(H2,20,25,26). The van der Waals surface area contributed by atoms with E-state index in [1.165, 1.54) is 42.5 Å². The number of thioether (sulfide) groups is 1. The lowest BCUT2D eigenvalue weighted by Crippen LogP contribution is -2.22. The zero-order valence-corrected chi connectivity index (χ0v) is 17.2. The first kappa shape index (κ1) is 21.7. The maximum atomic E-state index is 12.9. The molecule has 0 aliphatic heterocycles. The van der Waals surface area contributed by atoms with Crippen LogP contribution in [0.4, 0.5) is 10.1 Å². The van der Waals surface area contributed by atoms with Gasteiger partial charge in [-0.05, 0) is 49.4 Å². The Labute approximate surface area is 175 Å². The average molecular weight is 452 g/mol. The Morgan fingerprint density at radius 3 is 2.70 bits per heavy atom. The van der Waals surface area contributed by atoms with Gasteiger partial charge in [0.15, 0.2) is 6.61 Å². The maximum Gasteiger partial charge on any atom is 0.277 e. The zero-order valence-electron chi connectivity index (χ0n) is 15.6. The minimum absolute atomic E-state index is 0.0138. The summed E-state index contributed by atoms with van der Waals surface area (Å²) in [5, 5.41) is 14.9. The van der Waals surface area contributed by atoms with E-state index >= 15 is 0 Å². The predicted molar refractivity (Wildman–Crippen MR) is 107 cm³/mol. The van der Waals surface area contributed by atoms with Gasteiger partial charge in [0.1, 0.15) is 11.6 Å². The number of carbonyl (C=O) groups is 1. The first-order valence-corrected chi connectivity index (χ1v) is 10.9. The van der Waals surface area contributed by atoms with Crippen molar-refractivity contribution in [3.8, 4) is 5.75 Å². The molecule has 0 bridgehead atoms. The van der Waals surface area contributed by atoms with Crippen molar-refractivity contribution in [2.24, 2.45) is 5.14 Å². The molecule has 0 saturated heterocycles. The first-order chi connectivity index (χ1) is 14.2. The van der Waals surface area contributed by atoms with Crippen LogP contribution in [0.1, 0.15) is 12.8 Å². The fraction of sp³-hybridized carbons (Fsp3) is 0.167. The van der Waals surface area contributed by atoms with Gasteiger partial charge in [-0.1, -0.05) is 17.8 Å². The van der Waals surface area contributed by atoms with Crippen molar-refractivity contribution in [3.05, 3.63) is 60.2 Å². The summed E-state index contributed by atoms with van der Waals surface area (Å²) in [7, 11) is -3.88. The number of ether oxygens (including phenoxy) is 1. The van der Waals surface area contributed by atoms with Crippen LogP contribution in [0, 0.1) is 5.82 Å². The lowest BCUT2D eigenvalue weighted by atomic mass is 10.3. The van der Waals surface area contributed by atoms with Crippen molar-refractivity contribution < 1.29 is 26.8 Å². The van der Waals surface area contributed by atoms with E-state index in [-0.39, 0.29) is 34.1 Å². The molecule has 1 aromatic heterocycles. The van der Waals surface area contributed by atoms with Gasteiger partial charge in [-0.15, -0.1) is 10.2 Å². The van der Waals surface area contributed by atoms with Gasteiger partial charge in [0.25, 0.3) is 11.1 Å². The number of sulfonamides is 1. The Morgan fingerprint density at radius 1 is 1.27 bits per heavy atom. The SMILES string of the molecule is CC(Sc1nnc(COc2ccc(F)cc2)o1)C(=O)Nc1cccc(S(N)(=O)=O)c1. The number of nitrogens with two attached hydrogens (primary N) is 1. The molecule has 1 atom stereocenters. The highest BCUT2D eigenvalue weighted by Gasteiger charge is 2.19. The molecule has 9 nitrogen and oxygen atoms in total. The van der Waals surface area contributed by atoms with Crippen LogP contribution in [-0.4, -0.2) is 29.8 Å². The van der Waals surface area contributed by atoms with Gasteiger partial charge in [-0.3, -0.25) is 4.79 Å². The maximum absolute atomic E-state index is 12.9. The highest BCUT2D eigenvalue weighted by Crippen LogP contribution is 2.24. The number of aromatic nitrogens is 2. The first-order valence-electron chi connectivity index (χ1n) is 8.52. The summed E-state index contributed by atoms with van der Waals surface area (Å²) in [6.07, 6.45) is 0. The average Bonchev–Trinajstić information content (AvgIpc) is 3.14. The van der Waals surface area contributed by atoms with Crippen molar-refractivity contribution in [1.82, 2.24) is 10.2 Å². The summed E-state index contributed by atoms with van der Waals surface area (Å²) in [4.78, 5) is 12.3. The lowest BCUT2D eigenvalue weighted by Gasteiger charge is -2.10. The number of benzene rings is 2. The van der Waals surface area contributed by atoms with Crippen LogP contribution in [0.2, 0.25) is 0 Å². The molecule has 0 spiro atoms. The molecule has 0 radical (unpaired) electrons. The number of carbonyl (C=O) groups excluding carboxylic acids is 1. The minimum atomic E-state index is -3.88. The molecule has 1 amide bonds. The van der Waals surface area contributed by atoms with Crippen molar-refractivity contribution in [1.29, 1.82) is 0 Å². The summed E-state index contributed by atoms with van der Waals surface area (Å²) in [6.45, 7) is 1.61. The topological polar surface area (TPSA) is 137 Å². The van der Waals surface area contributed by atoms with E-state index in [1.54, 1.807) is 13.0 Å². The molecule has 1 heterocycles. The number of hydrogen-bond donors (Lipinski definition) is 2. The van der Waals surface area contributed by atoms with E-state index in [0.29, 0.717) is 5.75 Å². The van der Waals surface area contributed by atoms with Crippen LogP contribution >= 0.6 is 11.8 Å². The second kappa shape index (κ2) is 9.24. The molecule has 0 fully saturated rings. The molecule has 30 heavy (non-hydrogen) atoms. The van der Waals surface area contributed by atoms with Gasteiger partial charge < -0.3 is 14.5 Å². The molecule has 0 aliphatic carbocycles. The summed E-state index contributed by atoms with van der Waals surface area (Å²) in [5.74, 6) is -0.134. The fourth-order valence-corrected chi connectivity index (χ4v) is 3.48. The Bertz CT molecular complexity index is 1140. The van der Waals surface area contributed by atoms with E-state index in [2.05, 4.69) is 15.5 Å². The van der Waals surface area contributed by atoms with Gasteiger partial charge in [-0.2, -0.15) is 0 Å². The summed E-state index contributed by atoms with van der Waals surface area (Å²) < 4.78 is 46.6. The third kappa shape index (κ3) is 6.02. The van der Waals surface area contributed by atoms with Crippen LogP contribution < -0.4 is 15.2 Å². The van der Waals surface area contributed by atoms with Crippen molar-refractivity contribution in [2.45, 2.75) is 28.9 Å². The third-order valence-corrected chi connectivity index (χ3v) is 5.55. The second-order valence-electron chi connectivity index (χ2n) is 6.03. The van der Waals surface area contributed by atoms with Gasteiger partial charge in [0.2, 0.25) is 15.9 Å². The van der Waals surface area contributed by atoms with Crippen molar-refractivity contribution in [2.75, 3.05) is 5.32 Å². The van der Waals surface area contributed by atoms with Gasteiger partial charge >= 0.3 is 0 Å². The number of rotatable bonds is 8. The number of halogens is 1. The molecule has 0 saturated carbocycles. The number of hydrogen-bond acceptors (Lipinski definition) is 8. The van der Waals surface area contributed by atoms with Crippen LogP contribution in [0.5, 0.6) is 5.75 Å². The number of anilines is 1. The normalized spacial score (nSPS) is 12.4. The fourth-order valence-electron chi connectivity index (χ4n) is 2.22. The van der Waals surface area contributed by atoms with Crippen LogP contribution in [-0.2, 0) is 21.4 Å². The molecule has 2 aromatic carbocycles. The molecule has 158 valence electrons.